The van der Waals surface area contributed by atoms with E-state index in [0.29, 0.717) is 11.1 Å². The largest absolute Gasteiger partial charge is 2.00 e. The quantitative estimate of drug-likeness (QED) is 0.521. The first-order chi connectivity index (χ1) is 14.6. The third-order valence-electron chi connectivity index (χ3n) is 4.55. The van der Waals surface area contributed by atoms with Gasteiger partial charge in [0.15, 0.2) is 0 Å². The summed E-state index contributed by atoms with van der Waals surface area (Å²) in [5.41, 5.74) is 2.81. The molecular formula is C26H22FeO4. The molecule has 0 fully saturated rings. The summed E-state index contributed by atoms with van der Waals surface area (Å²) in [4.78, 5) is 0. The van der Waals surface area contributed by atoms with Crippen LogP contribution >= 0.6 is 0 Å². The topological polar surface area (TPSA) is 64.6 Å². The van der Waals surface area contributed by atoms with Crippen LogP contribution in [0.2, 0.25) is 0 Å². The summed E-state index contributed by atoms with van der Waals surface area (Å²) < 4.78 is 10.1. The molecule has 158 valence electrons. The fraction of sp³-hybridized carbons (Fsp3) is 0.0769. The summed E-state index contributed by atoms with van der Waals surface area (Å²) >= 11 is 0. The minimum Gasteiger partial charge on any atom is -0.872 e. The summed E-state index contributed by atoms with van der Waals surface area (Å²) in [6.07, 6.45) is 14.7. The standard InChI is InChI=1S/2C13H12O2.Fe/c2*1-15-12-8-6-11(7-9-12)13(14)10-4-2-3-5-10;/h2*2-9,14H,1H3;/q;;+2/p-2. The first-order valence-electron chi connectivity index (χ1n) is 9.43. The van der Waals surface area contributed by atoms with Crippen molar-refractivity contribution in [3.63, 3.8) is 0 Å². The molecule has 0 saturated heterocycles. The zero-order chi connectivity index (χ0) is 21.3. The van der Waals surface area contributed by atoms with Crippen molar-refractivity contribution in [1.82, 2.24) is 0 Å². The molecule has 2 aliphatic carbocycles. The maximum atomic E-state index is 11.9. The summed E-state index contributed by atoms with van der Waals surface area (Å²) in [6, 6.07) is 14.2. The van der Waals surface area contributed by atoms with Gasteiger partial charge in [-0.2, -0.15) is 0 Å². The van der Waals surface area contributed by atoms with Gasteiger partial charge in [-0.1, -0.05) is 84.4 Å². The van der Waals surface area contributed by atoms with Crippen molar-refractivity contribution in [2.45, 2.75) is 0 Å². The average Bonchev–Trinajstić information content (AvgIpc) is 3.53. The van der Waals surface area contributed by atoms with Crippen LogP contribution in [0.15, 0.2) is 108 Å². The molecule has 0 spiro atoms. The van der Waals surface area contributed by atoms with E-state index in [2.05, 4.69) is 0 Å². The molecule has 5 heteroatoms. The smallest absolute Gasteiger partial charge is 0.872 e. The van der Waals surface area contributed by atoms with E-state index in [9.17, 15) is 10.2 Å². The minimum absolute atomic E-state index is 0. The van der Waals surface area contributed by atoms with Crippen molar-refractivity contribution in [3.05, 3.63) is 119 Å². The van der Waals surface area contributed by atoms with Gasteiger partial charge in [-0.15, -0.1) is 0 Å². The van der Waals surface area contributed by atoms with Gasteiger partial charge in [-0.05, 0) is 46.5 Å². The van der Waals surface area contributed by atoms with E-state index in [4.69, 9.17) is 9.47 Å². The Hall–Kier alpha value is -3.40. The molecule has 2 aliphatic rings. The molecule has 0 heterocycles. The summed E-state index contributed by atoms with van der Waals surface area (Å²) in [5.74, 6) is 1.61. The van der Waals surface area contributed by atoms with E-state index in [1.807, 2.05) is 48.6 Å². The molecule has 0 radical (unpaired) electrons. The molecule has 0 atom stereocenters. The molecule has 0 amide bonds. The van der Waals surface area contributed by atoms with Crippen LogP contribution in [0.1, 0.15) is 11.1 Å². The Labute approximate surface area is 193 Å². The summed E-state index contributed by atoms with van der Waals surface area (Å²) in [5, 5.41) is 23.7. The van der Waals surface area contributed by atoms with E-state index >= 15 is 0 Å². The minimum atomic E-state index is 0. The van der Waals surface area contributed by atoms with Crippen LogP contribution in [0, 0.1) is 0 Å². The molecular weight excluding hydrogens is 432 g/mol. The van der Waals surface area contributed by atoms with Gasteiger partial charge >= 0.3 is 17.1 Å². The van der Waals surface area contributed by atoms with Crippen molar-refractivity contribution in [3.8, 4) is 11.5 Å². The second-order valence-electron chi connectivity index (χ2n) is 6.46. The Bertz CT molecular complexity index is 938. The van der Waals surface area contributed by atoms with Crippen molar-refractivity contribution in [2.75, 3.05) is 14.2 Å². The monoisotopic (exact) mass is 454 g/mol. The number of methoxy groups -OCH3 is 2. The molecule has 0 aliphatic heterocycles. The molecule has 0 saturated carbocycles. The summed E-state index contributed by atoms with van der Waals surface area (Å²) in [6.45, 7) is 0. The molecule has 31 heavy (non-hydrogen) atoms. The van der Waals surface area contributed by atoms with Crippen LogP contribution in [0.3, 0.4) is 0 Å². The fourth-order valence-corrected chi connectivity index (χ4v) is 2.87. The fourth-order valence-electron chi connectivity index (χ4n) is 2.87. The normalized spacial score (nSPS) is 12.8. The van der Waals surface area contributed by atoms with Crippen molar-refractivity contribution in [1.29, 1.82) is 0 Å². The van der Waals surface area contributed by atoms with Crippen LogP contribution in [0.4, 0.5) is 0 Å². The second-order valence-corrected chi connectivity index (χ2v) is 6.46. The van der Waals surface area contributed by atoms with Crippen molar-refractivity contribution < 1.29 is 36.8 Å². The zero-order valence-electron chi connectivity index (χ0n) is 17.2. The maximum absolute atomic E-state index is 11.9. The Morgan fingerprint density at radius 3 is 1.10 bits per heavy atom. The van der Waals surface area contributed by atoms with Gasteiger partial charge in [0.1, 0.15) is 11.5 Å². The molecule has 4 nitrogen and oxygen atoms in total. The number of allylic oxidation sites excluding steroid dienone is 10. The Morgan fingerprint density at radius 1 is 0.548 bits per heavy atom. The zero-order valence-corrected chi connectivity index (χ0v) is 18.3. The van der Waals surface area contributed by atoms with E-state index in [1.54, 1.807) is 62.8 Å². The number of hydrogen-bond acceptors (Lipinski definition) is 4. The molecule has 2 aromatic carbocycles. The number of hydrogen-bond donors (Lipinski definition) is 0. The molecule has 4 rings (SSSR count). The van der Waals surface area contributed by atoms with Gasteiger partial charge in [0.2, 0.25) is 0 Å². The van der Waals surface area contributed by atoms with Gasteiger partial charge in [0.05, 0.1) is 14.2 Å². The van der Waals surface area contributed by atoms with Gasteiger partial charge in [0.25, 0.3) is 0 Å². The van der Waals surface area contributed by atoms with E-state index < -0.39 is 0 Å². The van der Waals surface area contributed by atoms with Crippen LogP contribution in [0.25, 0.3) is 11.5 Å². The van der Waals surface area contributed by atoms with Crippen LogP contribution in [-0.2, 0) is 17.1 Å². The van der Waals surface area contributed by atoms with Crippen LogP contribution < -0.4 is 19.7 Å². The SMILES string of the molecule is COc1ccc(C([O-])=C2C=CC=C2)cc1.COc1ccc(C([O-])=C2C=CC=C2)cc1.[Fe+2]. The third kappa shape index (κ3) is 6.29. The van der Waals surface area contributed by atoms with Gasteiger partial charge in [-0.25, -0.2) is 0 Å². The van der Waals surface area contributed by atoms with Crippen LogP contribution in [-0.4, -0.2) is 14.2 Å². The van der Waals surface area contributed by atoms with Crippen LogP contribution in [0.5, 0.6) is 11.5 Å². The van der Waals surface area contributed by atoms with Crippen molar-refractivity contribution in [2.24, 2.45) is 0 Å². The Kier molecular flexibility index (Phi) is 9.01. The number of benzene rings is 2. The first-order valence-corrected chi connectivity index (χ1v) is 9.43. The van der Waals surface area contributed by atoms with E-state index in [1.165, 1.54) is 0 Å². The van der Waals surface area contributed by atoms with E-state index in [0.717, 1.165) is 22.6 Å². The second kappa shape index (κ2) is 11.7. The predicted molar refractivity (Wildman–Crippen MR) is 116 cm³/mol. The molecule has 2 aromatic rings. The number of rotatable bonds is 4. The Balaban J connectivity index is 0.000000213. The number of ether oxygens (including phenoxy) is 2. The maximum Gasteiger partial charge on any atom is 2.00 e. The van der Waals surface area contributed by atoms with Crippen molar-refractivity contribution >= 4 is 11.5 Å². The molecule has 0 N–H and O–H groups in total. The first kappa shape index (κ1) is 23.9. The molecule has 0 unspecified atom stereocenters. The molecule has 0 bridgehead atoms. The molecule has 0 aromatic heterocycles. The van der Waals surface area contributed by atoms with Gasteiger partial charge in [-0.3, -0.25) is 0 Å². The average molecular weight is 454 g/mol. The Morgan fingerprint density at radius 2 is 0.839 bits per heavy atom. The van der Waals surface area contributed by atoms with E-state index in [-0.39, 0.29) is 28.6 Å². The van der Waals surface area contributed by atoms with Gasteiger partial charge < -0.3 is 19.7 Å². The predicted octanol–water partition coefficient (Wildman–Crippen LogP) is 3.78. The third-order valence-corrected chi connectivity index (χ3v) is 4.55. The summed E-state index contributed by atoms with van der Waals surface area (Å²) in [7, 11) is 3.21. The van der Waals surface area contributed by atoms with Gasteiger partial charge in [0, 0.05) is 0 Å².